The molecular weight excluding hydrogens is 434 g/mol. The highest BCUT2D eigenvalue weighted by atomic mass is 32.2. The number of carbonyl (C=O) groups is 2. The average molecular weight is 462 g/mol. The number of carbonyl (C=O) groups excluding carboxylic acids is 2. The van der Waals surface area contributed by atoms with Crippen LogP contribution in [0.2, 0.25) is 0 Å². The third kappa shape index (κ3) is 5.38. The second kappa shape index (κ2) is 10.0. The van der Waals surface area contributed by atoms with Crippen molar-refractivity contribution in [1.29, 1.82) is 0 Å². The molecule has 3 N–H and O–H groups in total. The fourth-order valence-corrected chi connectivity index (χ4v) is 5.35. The number of benzene rings is 2. The molecule has 32 heavy (non-hydrogen) atoms. The van der Waals surface area contributed by atoms with Gasteiger partial charge in [0.15, 0.2) is 0 Å². The molecule has 0 spiro atoms. The summed E-state index contributed by atoms with van der Waals surface area (Å²) in [6.07, 6.45) is 1.26. The highest BCUT2D eigenvalue weighted by Gasteiger charge is 2.35. The monoisotopic (exact) mass is 461 g/mol. The predicted octanol–water partition coefficient (Wildman–Crippen LogP) is 1.77. The molecule has 9 nitrogen and oxygen atoms in total. The molecule has 1 heterocycles. The Labute approximate surface area is 187 Å². The van der Waals surface area contributed by atoms with Crippen LogP contribution in [0.3, 0.4) is 0 Å². The van der Waals surface area contributed by atoms with E-state index in [2.05, 4.69) is 5.32 Å². The molecule has 2 amide bonds. The van der Waals surface area contributed by atoms with Crippen LogP contribution in [0.5, 0.6) is 11.5 Å². The summed E-state index contributed by atoms with van der Waals surface area (Å²) in [4.78, 5) is 23.8. The van der Waals surface area contributed by atoms with Gasteiger partial charge in [-0.15, -0.1) is 0 Å². The maximum absolute atomic E-state index is 13.3. The zero-order valence-corrected chi connectivity index (χ0v) is 18.9. The molecule has 1 atom stereocenters. The summed E-state index contributed by atoms with van der Waals surface area (Å²) in [5, 5.41) is 2.82. The van der Waals surface area contributed by atoms with Crippen LogP contribution in [0, 0.1) is 5.92 Å². The topological polar surface area (TPSA) is 128 Å². The number of sulfonamides is 1. The Morgan fingerprint density at radius 2 is 1.84 bits per heavy atom. The van der Waals surface area contributed by atoms with Crippen molar-refractivity contribution in [2.24, 2.45) is 11.7 Å². The van der Waals surface area contributed by atoms with Gasteiger partial charge >= 0.3 is 0 Å². The van der Waals surface area contributed by atoms with Crippen molar-refractivity contribution in [3.63, 3.8) is 0 Å². The van der Waals surface area contributed by atoms with E-state index in [1.54, 1.807) is 36.4 Å². The minimum atomic E-state index is -3.89. The molecule has 1 aliphatic heterocycles. The first-order valence-corrected chi connectivity index (χ1v) is 11.6. The first-order valence-electron chi connectivity index (χ1n) is 10.1. The summed E-state index contributed by atoms with van der Waals surface area (Å²) in [6.45, 7) is 0.378. The Morgan fingerprint density at radius 3 is 2.47 bits per heavy atom. The number of methoxy groups -OCH3 is 2. The van der Waals surface area contributed by atoms with E-state index in [1.807, 2.05) is 0 Å². The Balaban J connectivity index is 1.73. The van der Waals surface area contributed by atoms with Crippen LogP contribution >= 0.6 is 0 Å². The number of hydrogen-bond acceptors (Lipinski definition) is 6. The number of rotatable bonds is 8. The summed E-state index contributed by atoms with van der Waals surface area (Å²) in [5.41, 5.74) is 6.50. The average Bonchev–Trinajstić information content (AvgIpc) is 2.79. The lowest BCUT2D eigenvalue weighted by molar-refractivity contribution is -0.121. The van der Waals surface area contributed by atoms with Gasteiger partial charge in [0, 0.05) is 24.8 Å². The normalized spacial score (nSPS) is 16.9. The van der Waals surface area contributed by atoms with E-state index in [9.17, 15) is 18.0 Å². The van der Waals surface area contributed by atoms with Gasteiger partial charge in [-0.1, -0.05) is 12.1 Å². The second-order valence-electron chi connectivity index (χ2n) is 7.55. The summed E-state index contributed by atoms with van der Waals surface area (Å²) >= 11 is 0. The summed E-state index contributed by atoms with van der Waals surface area (Å²) in [5.74, 6) is -0.576. The number of nitrogens with two attached hydrogens (primary N) is 1. The molecule has 0 saturated carbocycles. The number of ether oxygens (including phenoxy) is 2. The van der Waals surface area contributed by atoms with Crippen LogP contribution in [0.4, 0.5) is 5.69 Å². The third-order valence-electron chi connectivity index (χ3n) is 5.34. The van der Waals surface area contributed by atoms with Gasteiger partial charge in [-0.3, -0.25) is 9.59 Å². The summed E-state index contributed by atoms with van der Waals surface area (Å²) in [6, 6.07) is 11.4. The van der Waals surface area contributed by atoms with Gasteiger partial charge in [0.2, 0.25) is 21.8 Å². The zero-order chi connectivity index (χ0) is 23.3. The van der Waals surface area contributed by atoms with E-state index in [0.29, 0.717) is 30.8 Å². The van der Waals surface area contributed by atoms with Gasteiger partial charge < -0.3 is 20.5 Å². The molecule has 0 aliphatic carbocycles. The molecule has 10 heteroatoms. The SMILES string of the molecule is COc1ccc(OC)c(S(=O)(=O)N2CCC[C@H](C(=O)Nc3ccc(CC(N)=O)cc3)C2)c1. The first kappa shape index (κ1) is 23.6. The van der Waals surface area contributed by atoms with E-state index in [0.717, 1.165) is 5.56 Å². The van der Waals surface area contributed by atoms with E-state index in [1.165, 1.54) is 24.6 Å². The lowest BCUT2D eigenvalue weighted by atomic mass is 9.98. The van der Waals surface area contributed by atoms with Crippen LogP contribution < -0.4 is 20.5 Å². The molecule has 0 aromatic heterocycles. The number of amides is 2. The van der Waals surface area contributed by atoms with Crippen molar-refractivity contribution in [3.05, 3.63) is 48.0 Å². The van der Waals surface area contributed by atoms with Gasteiger partial charge in [-0.05, 0) is 42.7 Å². The van der Waals surface area contributed by atoms with Crippen LogP contribution in [0.1, 0.15) is 18.4 Å². The minimum Gasteiger partial charge on any atom is -0.497 e. The maximum Gasteiger partial charge on any atom is 0.246 e. The molecule has 2 aromatic rings. The molecule has 1 aliphatic rings. The van der Waals surface area contributed by atoms with E-state index in [4.69, 9.17) is 15.2 Å². The fraction of sp³-hybridized carbons (Fsp3) is 0.364. The summed E-state index contributed by atoms with van der Waals surface area (Å²) in [7, 11) is -1.03. The summed E-state index contributed by atoms with van der Waals surface area (Å²) < 4.78 is 38.3. The van der Waals surface area contributed by atoms with Crippen molar-refractivity contribution < 1.29 is 27.5 Å². The van der Waals surface area contributed by atoms with Crippen LogP contribution in [0.15, 0.2) is 47.4 Å². The quantitative estimate of drug-likeness (QED) is 0.617. The molecule has 1 fully saturated rings. The van der Waals surface area contributed by atoms with Gasteiger partial charge in [0.05, 0.1) is 26.6 Å². The number of anilines is 1. The number of nitrogens with one attached hydrogen (secondary N) is 1. The highest BCUT2D eigenvalue weighted by molar-refractivity contribution is 7.89. The second-order valence-corrected chi connectivity index (χ2v) is 9.45. The standard InChI is InChI=1S/C22H27N3O6S/c1-30-18-9-10-19(31-2)20(13-18)32(28,29)25-11-3-4-16(14-25)22(27)24-17-7-5-15(6-8-17)12-21(23)26/h5-10,13,16H,3-4,11-12,14H2,1-2H3,(H2,23,26)(H,24,27)/t16-/m0/s1. The molecule has 0 bridgehead atoms. The lowest BCUT2D eigenvalue weighted by Crippen LogP contribution is -2.43. The van der Waals surface area contributed by atoms with Crippen LogP contribution in [-0.2, 0) is 26.0 Å². The Hall–Kier alpha value is -3.11. The van der Waals surface area contributed by atoms with Gasteiger partial charge in [-0.25, -0.2) is 8.42 Å². The molecule has 172 valence electrons. The van der Waals surface area contributed by atoms with Gasteiger partial charge in [0.25, 0.3) is 0 Å². The Kier molecular flexibility index (Phi) is 7.37. The zero-order valence-electron chi connectivity index (χ0n) is 18.0. The Bertz CT molecular complexity index is 1090. The van der Waals surface area contributed by atoms with E-state index >= 15 is 0 Å². The van der Waals surface area contributed by atoms with E-state index < -0.39 is 21.8 Å². The van der Waals surface area contributed by atoms with Crippen LogP contribution in [0.25, 0.3) is 0 Å². The van der Waals surface area contributed by atoms with Crippen molar-refractivity contribution in [2.45, 2.75) is 24.2 Å². The third-order valence-corrected chi connectivity index (χ3v) is 7.23. The number of hydrogen-bond donors (Lipinski definition) is 2. The first-order chi connectivity index (χ1) is 15.2. The van der Waals surface area contributed by atoms with Crippen molar-refractivity contribution in [2.75, 3.05) is 32.6 Å². The maximum atomic E-state index is 13.3. The number of piperidine rings is 1. The minimum absolute atomic E-state index is 0.00504. The van der Waals surface area contributed by atoms with Crippen molar-refractivity contribution in [1.82, 2.24) is 4.31 Å². The molecule has 0 radical (unpaired) electrons. The van der Waals surface area contributed by atoms with Gasteiger partial charge in [0.1, 0.15) is 16.4 Å². The van der Waals surface area contributed by atoms with Gasteiger partial charge in [-0.2, -0.15) is 4.31 Å². The highest BCUT2D eigenvalue weighted by Crippen LogP contribution is 2.33. The van der Waals surface area contributed by atoms with E-state index in [-0.39, 0.29) is 29.5 Å². The number of primary amides is 1. The van der Waals surface area contributed by atoms with Crippen molar-refractivity contribution >= 4 is 27.5 Å². The predicted molar refractivity (Wildman–Crippen MR) is 119 cm³/mol. The Morgan fingerprint density at radius 1 is 1.12 bits per heavy atom. The lowest BCUT2D eigenvalue weighted by Gasteiger charge is -2.31. The smallest absolute Gasteiger partial charge is 0.246 e. The number of nitrogens with zero attached hydrogens (tertiary/aromatic N) is 1. The largest absolute Gasteiger partial charge is 0.497 e. The molecule has 0 unspecified atom stereocenters. The van der Waals surface area contributed by atoms with Crippen molar-refractivity contribution in [3.8, 4) is 11.5 Å². The molecular formula is C22H27N3O6S. The van der Waals surface area contributed by atoms with Crippen LogP contribution in [-0.4, -0.2) is 51.8 Å². The fourth-order valence-electron chi connectivity index (χ4n) is 3.65. The molecule has 2 aromatic carbocycles. The molecule has 3 rings (SSSR count). The molecule has 1 saturated heterocycles.